The number of carbonyl (C=O) groups is 1. The predicted octanol–water partition coefficient (Wildman–Crippen LogP) is 1.33. The third kappa shape index (κ3) is 3.12. The molecule has 0 aliphatic rings. The van der Waals surface area contributed by atoms with Crippen LogP contribution in [-0.2, 0) is 0 Å². The molecule has 0 aromatic heterocycles. The molecule has 0 radical (unpaired) electrons. The molecule has 0 fully saturated rings. The fourth-order valence-electron chi connectivity index (χ4n) is 1.13. The van der Waals surface area contributed by atoms with Gasteiger partial charge in [0.05, 0.1) is 12.2 Å². The quantitative estimate of drug-likeness (QED) is 0.564. The standard InChI is InChI=1S/C12H12O3/c1-9(14)11-6-5-10(8-12(11)15)4-2-3-7-13/h5-6,8,13,15H,3,7H2,1H3. The number of phenols is 1. The van der Waals surface area contributed by atoms with E-state index >= 15 is 0 Å². The smallest absolute Gasteiger partial charge is 0.163 e. The molecule has 0 saturated carbocycles. The van der Waals surface area contributed by atoms with Crippen LogP contribution in [0.2, 0.25) is 0 Å². The molecule has 0 spiro atoms. The Kier molecular flexibility index (Phi) is 3.90. The van der Waals surface area contributed by atoms with Gasteiger partial charge in [-0.05, 0) is 25.1 Å². The molecule has 2 N–H and O–H groups in total. The van der Waals surface area contributed by atoms with E-state index in [4.69, 9.17) is 5.11 Å². The fourth-order valence-corrected chi connectivity index (χ4v) is 1.13. The lowest BCUT2D eigenvalue weighted by molar-refractivity contribution is 0.101. The highest BCUT2D eigenvalue weighted by Crippen LogP contribution is 2.18. The van der Waals surface area contributed by atoms with E-state index in [1.165, 1.54) is 13.0 Å². The van der Waals surface area contributed by atoms with Crippen LogP contribution in [0.3, 0.4) is 0 Å². The molecule has 0 heterocycles. The molecule has 78 valence electrons. The Balaban J connectivity index is 2.93. The number of ketones is 1. The zero-order chi connectivity index (χ0) is 11.3. The molecule has 0 amide bonds. The van der Waals surface area contributed by atoms with Gasteiger partial charge in [-0.3, -0.25) is 4.79 Å². The number of phenolic OH excluding ortho intramolecular Hbond substituents is 1. The minimum absolute atomic E-state index is 0.0184. The van der Waals surface area contributed by atoms with Gasteiger partial charge in [-0.25, -0.2) is 0 Å². The SMILES string of the molecule is CC(=O)c1ccc(C#CCCO)cc1O. The van der Waals surface area contributed by atoms with Crippen LogP contribution < -0.4 is 0 Å². The summed E-state index contributed by atoms with van der Waals surface area (Å²) >= 11 is 0. The van der Waals surface area contributed by atoms with Gasteiger partial charge >= 0.3 is 0 Å². The van der Waals surface area contributed by atoms with Gasteiger partial charge < -0.3 is 10.2 Å². The maximum Gasteiger partial charge on any atom is 0.163 e. The second kappa shape index (κ2) is 5.18. The normalized spacial score (nSPS) is 9.20. The monoisotopic (exact) mass is 204 g/mol. The van der Waals surface area contributed by atoms with Crippen molar-refractivity contribution in [3.8, 4) is 17.6 Å². The van der Waals surface area contributed by atoms with Crippen molar-refractivity contribution >= 4 is 5.78 Å². The highest BCUT2D eigenvalue weighted by atomic mass is 16.3. The second-order valence-corrected chi connectivity index (χ2v) is 3.06. The molecule has 15 heavy (non-hydrogen) atoms. The zero-order valence-corrected chi connectivity index (χ0v) is 8.45. The number of aromatic hydroxyl groups is 1. The topological polar surface area (TPSA) is 57.5 Å². The van der Waals surface area contributed by atoms with Gasteiger partial charge in [0, 0.05) is 12.0 Å². The van der Waals surface area contributed by atoms with Crippen molar-refractivity contribution in [2.75, 3.05) is 6.61 Å². The van der Waals surface area contributed by atoms with Crippen LogP contribution in [0.1, 0.15) is 29.3 Å². The molecule has 0 atom stereocenters. The minimum atomic E-state index is -0.178. The molecular formula is C12H12O3. The Labute approximate surface area is 88.4 Å². The number of aliphatic hydroxyl groups is 1. The first-order valence-corrected chi connectivity index (χ1v) is 4.59. The summed E-state index contributed by atoms with van der Waals surface area (Å²) in [5.74, 6) is 5.27. The van der Waals surface area contributed by atoms with Crippen LogP contribution in [0.4, 0.5) is 0 Å². The Hall–Kier alpha value is -1.79. The number of Topliss-reactive ketones (excluding diaryl/α,β-unsaturated/α-hetero) is 1. The van der Waals surface area contributed by atoms with Crippen LogP contribution in [0.25, 0.3) is 0 Å². The highest BCUT2D eigenvalue weighted by molar-refractivity contribution is 5.96. The van der Waals surface area contributed by atoms with Gasteiger partial charge in [0.25, 0.3) is 0 Å². The Bertz CT molecular complexity index is 424. The lowest BCUT2D eigenvalue weighted by Crippen LogP contribution is -1.92. The van der Waals surface area contributed by atoms with Crippen molar-refractivity contribution in [2.45, 2.75) is 13.3 Å². The second-order valence-electron chi connectivity index (χ2n) is 3.06. The number of hydrogen-bond donors (Lipinski definition) is 2. The van der Waals surface area contributed by atoms with Crippen LogP contribution in [0, 0.1) is 11.8 Å². The molecule has 1 aromatic rings. The number of carbonyl (C=O) groups excluding carboxylic acids is 1. The fraction of sp³-hybridized carbons (Fsp3) is 0.250. The predicted molar refractivity (Wildman–Crippen MR) is 56.7 cm³/mol. The first-order chi connectivity index (χ1) is 7.15. The largest absolute Gasteiger partial charge is 0.507 e. The first-order valence-electron chi connectivity index (χ1n) is 4.59. The summed E-state index contributed by atoms with van der Waals surface area (Å²) in [6.45, 7) is 1.41. The number of hydrogen-bond acceptors (Lipinski definition) is 3. The van der Waals surface area contributed by atoms with Crippen molar-refractivity contribution in [3.63, 3.8) is 0 Å². The van der Waals surface area contributed by atoms with Crippen molar-refractivity contribution in [3.05, 3.63) is 29.3 Å². The zero-order valence-electron chi connectivity index (χ0n) is 8.45. The summed E-state index contributed by atoms with van der Waals surface area (Å²) in [5, 5.41) is 18.0. The molecule has 0 bridgehead atoms. The van der Waals surface area contributed by atoms with E-state index in [0.29, 0.717) is 17.5 Å². The van der Waals surface area contributed by atoms with Crippen LogP contribution in [-0.4, -0.2) is 22.6 Å². The molecule has 3 nitrogen and oxygen atoms in total. The summed E-state index contributed by atoms with van der Waals surface area (Å²) in [6, 6.07) is 4.66. The van der Waals surface area contributed by atoms with Crippen molar-refractivity contribution in [2.24, 2.45) is 0 Å². The minimum Gasteiger partial charge on any atom is -0.507 e. The third-order valence-corrected chi connectivity index (χ3v) is 1.85. The van der Waals surface area contributed by atoms with Crippen LogP contribution in [0.5, 0.6) is 5.75 Å². The summed E-state index contributed by atoms with van der Waals surface area (Å²) in [5.41, 5.74) is 0.925. The number of rotatable bonds is 2. The first kappa shape index (κ1) is 11.3. The summed E-state index contributed by atoms with van der Waals surface area (Å²) in [4.78, 5) is 11.0. The van der Waals surface area contributed by atoms with Gasteiger partial charge in [-0.2, -0.15) is 0 Å². The summed E-state index contributed by atoms with van der Waals surface area (Å²) < 4.78 is 0. The Morgan fingerprint density at radius 2 is 2.20 bits per heavy atom. The van der Waals surface area contributed by atoms with Gasteiger partial charge in [0.15, 0.2) is 5.78 Å². The molecule has 0 aliphatic heterocycles. The lowest BCUT2D eigenvalue weighted by atomic mass is 10.1. The molecule has 3 heteroatoms. The Morgan fingerprint density at radius 1 is 1.47 bits per heavy atom. The van der Waals surface area contributed by atoms with Crippen molar-refractivity contribution < 1.29 is 15.0 Å². The maximum atomic E-state index is 11.0. The van der Waals surface area contributed by atoms with E-state index in [-0.39, 0.29) is 18.1 Å². The van der Waals surface area contributed by atoms with E-state index in [9.17, 15) is 9.90 Å². The van der Waals surface area contributed by atoms with E-state index in [1.807, 2.05) is 0 Å². The molecule has 0 unspecified atom stereocenters. The lowest BCUT2D eigenvalue weighted by Gasteiger charge is -1.99. The highest BCUT2D eigenvalue weighted by Gasteiger charge is 2.05. The molecular weight excluding hydrogens is 192 g/mol. The van der Waals surface area contributed by atoms with Gasteiger partial charge in [-0.1, -0.05) is 11.8 Å². The average Bonchev–Trinajstić information content (AvgIpc) is 2.17. The van der Waals surface area contributed by atoms with Gasteiger partial charge in [-0.15, -0.1) is 0 Å². The molecule has 0 saturated heterocycles. The third-order valence-electron chi connectivity index (χ3n) is 1.85. The molecule has 0 aliphatic carbocycles. The van der Waals surface area contributed by atoms with E-state index in [1.54, 1.807) is 12.1 Å². The molecule has 1 aromatic carbocycles. The number of aliphatic hydroxyl groups excluding tert-OH is 1. The van der Waals surface area contributed by atoms with Crippen molar-refractivity contribution in [1.82, 2.24) is 0 Å². The van der Waals surface area contributed by atoms with E-state index in [2.05, 4.69) is 11.8 Å². The summed E-state index contributed by atoms with van der Waals surface area (Å²) in [6.07, 6.45) is 0.398. The van der Waals surface area contributed by atoms with Gasteiger partial charge in [0.1, 0.15) is 5.75 Å². The van der Waals surface area contributed by atoms with Crippen molar-refractivity contribution in [1.29, 1.82) is 0 Å². The van der Waals surface area contributed by atoms with E-state index in [0.717, 1.165) is 0 Å². The van der Waals surface area contributed by atoms with Crippen LogP contribution in [0.15, 0.2) is 18.2 Å². The average molecular weight is 204 g/mol. The van der Waals surface area contributed by atoms with Gasteiger partial charge in [0.2, 0.25) is 0 Å². The van der Waals surface area contributed by atoms with Crippen LogP contribution >= 0.6 is 0 Å². The summed E-state index contributed by atoms with van der Waals surface area (Å²) in [7, 11) is 0. The Morgan fingerprint density at radius 3 is 2.73 bits per heavy atom. The maximum absolute atomic E-state index is 11.0. The number of benzene rings is 1. The molecule has 1 rings (SSSR count). The van der Waals surface area contributed by atoms with E-state index < -0.39 is 0 Å².